The summed E-state index contributed by atoms with van der Waals surface area (Å²) in [7, 11) is 0. The Balaban J connectivity index is 1.13. The summed E-state index contributed by atoms with van der Waals surface area (Å²) < 4.78 is 11.8. The molecule has 13 aromatic rings. The summed E-state index contributed by atoms with van der Waals surface area (Å²) in [6, 6.07) is 61.7. The monoisotopic (exact) mass is 727 g/mol. The van der Waals surface area contributed by atoms with Crippen molar-refractivity contribution in [3.63, 3.8) is 0 Å². The average Bonchev–Trinajstić information content (AvgIpc) is 4.02. The molecule has 0 saturated heterocycles. The third-order valence-corrected chi connectivity index (χ3v) is 11.7. The van der Waals surface area contributed by atoms with E-state index in [1.165, 1.54) is 48.9 Å². The van der Waals surface area contributed by atoms with Crippen molar-refractivity contribution < 1.29 is 4.42 Å². The predicted molar refractivity (Wildman–Crippen MR) is 232 cm³/mol. The molecule has 0 bridgehead atoms. The maximum absolute atomic E-state index is 6.94. The normalized spacial score (nSPS) is 12.2. The van der Waals surface area contributed by atoms with Gasteiger partial charge in [-0.3, -0.25) is 0 Å². The smallest absolute Gasteiger partial charge is 0.164 e. The molecule has 0 aliphatic carbocycles. The van der Waals surface area contributed by atoms with E-state index in [1.54, 1.807) is 0 Å². The number of rotatable bonds is 4. The van der Waals surface area contributed by atoms with Gasteiger partial charge in [0, 0.05) is 59.8 Å². The second kappa shape index (κ2) is 11.4. The fraction of sp³-hybridized carbons (Fsp3) is 0. The Morgan fingerprint density at radius 2 is 0.947 bits per heavy atom. The lowest BCUT2D eigenvalue weighted by Crippen LogP contribution is -2.01. The third-order valence-electron chi connectivity index (χ3n) is 11.7. The second-order valence-electron chi connectivity index (χ2n) is 14.8. The first-order chi connectivity index (χ1) is 28.3. The summed E-state index contributed by atoms with van der Waals surface area (Å²) in [6.45, 7) is 0. The van der Waals surface area contributed by atoms with Crippen LogP contribution in [0.4, 0.5) is 0 Å². The highest BCUT2D eigenvalue weighted by atomic mass is 16.3. The van der Waals surface area contributed by atoms with Gasteiger partial charge in [0.25, 0.3) is 0 Å². The Morgan fingerprint density at radius 3 is 1.68 bits per heavy atom. The molecule has 13 rings (SSSR count). The lowest BCUT2D eigenvalue weighted by Gasteiger charge is -2.12. The molecule has 6 nitrogen and oxygen atoms in total. The van der Waals surface area contributed by atoms with Gasteiger partial charge >= 0.3 is 0 Å². The second-order valence-corrected chi connectivity index (χ2v) is 14.8. The minimum atomic E-state index is 0.590. The van der Waals surface area contributed by atoms with Gasteiger partial charge in [0.15, 0.2) is 23.1 Å². The van der Waals surface area contributed by atoms with Crippen molar-refractivity contribution >= 4 is 81.8 Å². The summed E-state index contributed by atoms with van der Waals surface area (Å²) in [5.74, 6) is 1.83. The third kappa shape index (κ3) is 4.21. The highest BCUT2D eigenvalue weighted by Gasteiger charge is 2.25. The zero-order valence-electron chi connectivity index (χ0n) is 30.4. The van der Waals surface area contributed by atoms with E-state index in [2.05, 4.69) is 112 Å². The maximum atomic E-state index is 6.94. The largest absolute Gasteiger partial charge is 0.454 e. The first-order valence-corrected chi connectivity index (χ1v) is 19.2. The molecule has 0 radical (unpaired) electrons. The van der Waals surface area contributed by atoms with Crippen molar-refractivity contribution in [3.8, 4) is 39.9 Å². The van der Waals surface area contributed by atoms with Crippen molar-refractivity contribution in [1.29, 1.82) is 0 Å². The van der Waals surface area contributed by atoms with Crippen molar-refractivity contribution in [1.82, 2.24) is 23.9 Å². The minimum Gasteiger partial charge on any atom is -0.454 e. The zero-order valence-corrected chi connectivity index (χ0v) is 30.4. The lowest BCUT2D eigenvalue weighted by molar-refractivity contribution is 0.666. The first kappa shape index (κ1) is 30.5. The van der Waals surface area contributed by atoms with Crippen LogP contribution in [0.1, 0.15) is 0 Å². The summed E-state index contributed by atoms with van der Waals surface area (Å²) in [6.07, 6.45) is 0. The molecule has 0 fully saturated rings. The van der Waals surface area contributed by atoms with E-state index in [0.717, 1.165) is 55.3 Å². The van der Waals surface area contributed by atoms with E-state index in [9.17, 15) is 0 Å². The van der Waals surface area contributed by atoms with Gasteiger partial charge in [0.1, 0.15) is 5.58 Å². The summed E-state index contributed by atoms with van der Waals surface area (Å²) in [5.41, 5.74) is 11.2. The average molecular weight is 728 g/mol. The lowest BCUT2D eigenvalue weighted by atomic mass is 10.0. The van der Waals surface area contributed by atoms with Crippen LogP contribution in [0.2, 0.25) is 0 Å². The number of hydrogen-bond donors (Lipinski definition) is 0. The molecular formula is C51H29N5O. The molecule has 5 heterocycles. The number of furan rings is 1. The van der Waals surface area contributed by atoms with Crippen LogP contribution in [0.15, 0.2) is 180 Å². The van der Waals surface area contributed by atoms with Crippen molar-refractivity contribution in [2.45, 2.75) is 0 Å². The molecule has 0 spiro atoms. The molecule has 0 N–H and O–H groups in total. The van der Waals surface area contributed by atoms with Gasteiger partial charge in [-0.25, -0.2) is 15.0 Å². The molecule has 0 atom stereocenters. The molecule has 264 valence electrons. The van der Waals surface area contributed by atoms with E-state index < -0.39 is 0 Å². The Morgan fingerprint density at radius 1 is 0.386 bits per heavy atom. The Hall–Kier alpha value is -7.83. The van der Waals surface area contributed by atoms with Crippen LogP contribution in [-0.2, 0) is 0 Å². The van der Waals surface area contributed by atoms with Crippen molar-refractivity contribution in [3.05, 3.63) is 176 Å². The highest BCUT2D eigenvalue weighted by molar-refractivity contribution is 6.26. The summed E-state index contributed by atoms with van der Waals surface area (Å²) in [4.78, 5) is 15.3. The fourth-order valence-electron chi connectivity index (χ4n) is 9.26. The van der Waals surface area contributed by atoms with E-state index in [0.29, 0.717) is 17.5 Å². The van der Waals surface area contributed by atoms with Crippen molar-refractivity contribution in [2.24, 2.45) is 0 Å². The number of benzene rings is 8. The maximum Gasteiger partial charge on any atom is 0.164 e. The van der Waals surface area contributed by atoms with Gasteiger partial charge in [0.05, 0.1) is 33.3 Å². The van der Waals surface area contributed by atoms with Gasteiger partial charge in [-0.15, -0.1) is 0 Å². The fourth-order valence-corrected chi connectivity index (χ4v) is 9.26. The van der Waals surface area contributed by atoms with Gasteiger partial charge in [0.2, 0.25) is 0 Å². The van der Waals surface area contributed by atoms with Crippen LogP contribution in [0.25, 0.3) is 122 Å². The van der Waals surface area contributed by atoms with E-state index in [4.69, 9.17) is 19.4 Å². The van der Waals surface area contributed by atoms with Gasteiger partial charge < -0.3 is 13.4 Å². The van der Waals surface area contributed by atoms with Crippen LogP contribution in [0.5, 0.6) is 0 Å². The number of para-hydroxylation sites is 4. The molecule has 57 heavy (non-hydrogen) atoms. The highest BCUT2D eigenvalue weighted by Crippen LogP contribution is 2.45. The van der Waals surface area contributed by atoms with E-state index >= 15 is 0 Å². The molecule has 0 unspecified atom stereocenters. The number of hydrogen-bond acceptors (Lipinski definition) is 4. The summed E-state index contributed by atoms with van der Waals surface area (Å²) >= 11 is 0. The molecule has 0 aliphatic rings. The Bertz CT molecular complexity index is 3690. The number of fused-ring (bicyclic) bond motifs is 12. The van der Waals surface area contributed by atoms with Crippen LogP contribution in [0, 0.1) is 0 Å². The van der Waals surface area contributed by atoms with Gasteiger partial charge in [-0.2, -0.15) is 0 Å². The molecule has 0 saturated carbocycles. The van der Waals surface area contributed by atoms with Crippen molar-refractivity contribution in [2.75, 3.05) is 0 Å². The Kier molecular flexibility index (Phi) is 6.07. The topological polar surface area (TPSA) is 61.2 Å². The van der Waals surface area contributed by atoms with Gasteiger partial charge in [-0.05, 0) is 42.5 Å². The standard InChI is InChI=1S/C51H29N5O/c1-3-14-30(15-4-1)49-52-50(31-16-5-2-6-17-31)54-51(53-49)37-26-27-42(48-46(37)36-20-9-12-25-45(36)57-48)55-40-23-10-8-19-33(40)38-28-39-35-22-13-21-34-32-18-7-11-24-41(32)56(47(34)35)44(39)29-43(38)55/h1-29H. The molecule has 6 heteroatoms. The van der Waals surface area contributed by atoms with Crippen LogP contribution < -0.4 is 0 Å². The quantitative estimate of drug-likeness (QED) is 0.181. The Labute approximate surface area is 324 Å². The van der Waals surface area contributed by atoms with Crippen LogP contribution >= 0.6 is 0 Å². The van der Waals surface area contributed by atoms with Crippen LogP contribution in [-0.4, -0.2) is 23.9 Å². The number of aromatic nitrogens is 5. The van der Waals surface area contributed by atoms with Gasteiger partial charge in [-0.1, -0.05) is 133 Å². The number of nitrogens with zero attached hydrogens (tertiary/aromatic N) is 5. The molecule has 0 amide bonds. The summed E-state index contributed by atoms with van der Waals surface area (Å²) in [5, 5.41) is 9.42. The predicted octanol–water partition coefficient (Wildman–Crippen LogP) is 13.0. The van der Waals surface area contributed by atoms with E-state index in [1.807, 2.05) is 72.8 Å². The molecule has 8 aromatic carbocycles. The van der Waals surface area contributed by atoms with E-state index in [-0.39, 0.29) is 0 Å². The minimum absolute atomic E-state index is 0.590. The zero-order chi connectivity index (χ0) is 37.2. The van der Waals surface area contributed by atoms with Crippen LogP contribution in [0.3, 0.4) is 0 Å². The molecule has 0 aliphatic heterocycles. The molecule has 5 aromatic heterocycles. The molecular weight excluding hydrogens is 699 g/mol. The SMILES string of the molecule is c1ccc(-c2nc(-c3ccccc3)nc(-c3ccc(-n4c5ccccc5c5cc6c7cccc8c9ccccc9n(c6cc54)c87)c4oc5ccccc5c34)n2)cc1. The first-order valence-electron chi connectivity index (χ1n) is 19.2.